The van der Waals surface area contributed by atoms with Crippen LogP contribution < -0.4 is 15.0 Å². The minimum atomic E-state index is -1.47. The molecule has 3 heterocycles. The molecule has 3 aromatic heterocycles. The van der Waals surface area contributed by atoms with Crippen molar-refractivity contribution < 1.29 is 19.4 Å². The summed E-state index contributed by atoms with van der Waals surface area (Å²) in [5.74, 6) is 1.32. The molecule has 3 rings (SSSR count). The van der Waals surface area contributed by atoms with Crippen molar-refractivity contribution in [3.8, 4) is 5.88 Å². The second-order valence-electron chi connectivity index (χ2n) is 7.21. The third-order valence-electron chi connectivity index (χ3n) is 4.63. The second kappa shape index (κ2) is 9.56. The highest BCUT2D eigenvalue weighted by Gasteiger charge is 2.23. The van der Waals surface area contributed by atoms with E-state index in [1.165, 1.54) is 0 Å². The molecule has 166 valence electrons. The monoisotopic (exact) mass is 429 g/mol. The molecule has 0 aliphatic heterocycles. The molecule has 0 atom stereocenters. The van der Waals surface area contributed by atoms with Crippen LogP contribution in [0.25, 0.3) is 11.0 Å². The predicted molar refractivity (Wildman–Crippen MR) is 116 cm³/mol. The number of rotatable bonds is 9. The third kappa shape index (κ3) is 5.18. The zero-order valence-corrected chi connectivity index (χ0v) is 18.3. The highest BCUT2D eigenvalue weighted by atomic mass is 16.7. The van der Waals surface area contributed by atoms with Crippen LogP contribution in [0.5, 0.6) is 5.88 Å². The van der Waals surface area contributed by atoms with Crippen molar-refractivity contribution in [1.29, 1.82) is 0 Å². The van der Waals surface area contributed by atoms with Crippen molar-refractivity contribution in [3.05, 3.63) is 23.9 Å². The smallest absolute Gasteiger partial charge is 0.449 e. The van der Waals surface area contributed by atoms with E-state index < -0.39 is 6.16 Å². The van der Waals surface area contributed by atoms with Gasteiger partial charge in [0.2, 0.25) is 5.95 Å². The molecule has 0 bridgehead atoms. The van der Waals surface area contributed by atoms with Crippen molar-refractivity contribution in [2.24, 2.45) is 0 Å². The molecule has 0 fully saturated rings. The Morgan fingerprint density at radius 1 is 1.35 bits per heavy atom. The van der Waals surface area contributed by atoms with E-state index >= 15 is 0 Å². The molecule has 0 saturated carbocycles. The Kier molecular flexibility index (Phi) is 6.85. The lowest BCUT2D eigenvalue weighted by atomic mass is 10.3. The number of carbonyl (C=O) groups is 1. The van der Waals surface area contributed by atoms with Gasteiger partial charge in [-0.2, -0.15) is 4.98 Å². The van der Waals surface area contributed by atoms with Crippen LogP contribution in [0.15, 0.2) is 18.3 Å². The summed E-state index contributed by atoms with van der Waals surface area (Å²) >= 11 is 0. The lowest BCUT2D eigenvalue weighted by molar-refractivity contribution is 0.134. The van der Waals surface area contributed by atoms with Gasteiger partial charge in [0.25, 0.3) is 5.88 Å². The van der Waals surface area contributed by atoms with Gasteiger partial charge in [-0.15, -0.1) is 5.10 Å². The summed E-state index contributed by atoms with van der Waals surface area (Å²) in [6.07, 6.45) is 0.228. The summed E-state index contributed by atoms with van der Waals surface area (Å²) in [5.41, 5.74) is 1.81. The Bertz CT molecular complexity index is 1070. The number of pyridine rings is 1. The number of fused-ring (bicyclic) bond motifs is 1. The normalized spacial score (nSPS) is 11.2. The topological polar surface area (TPSA) is 128 Å². The van der Waals surface area contributed by atoms with Crippen molar-refractivity contribution in [2.75, 3.05) is 30.5 Å². The van der Waals surface area contributed by atoms with Crippen LogP contribution in [0, 0.1) is 6.92 Å². The van der Waals surface area contributed by atoms with Crippen LogP contribution in [-0.2, 0) is 11.3 Å². The van der Waals surface area contributed by atoms with Crippen LogP contribution in [-0.4, -0.2) is 62.3 Å². The molecule has 0 unspecified atom stereocenters. The number of nitrogens with one attached hydrogen (secondary N) is 1. The Labute approximate surface area is 180 Å². The Morgan fingerprint density at radius 3 is 2.77 bits per heavy atom. The van der Waals surface area contributed by atoms with Gasteiger partial charge >= 0.3 is 6.16 Å². The van der Waals surface area contributed by atoms with E-state index in [2.05, 4.69) is 25.4 Å². The molecule has 0 spiro atoms. The van der Waals surface area contributed by atoms with Crippen LogP contribution in [0.3, 0.4) is 0 Å². The molecule has 0 amide bonds. The zero-order chi connectivity index (χ0) is 22.5. The minimum Gasteiger partial charge on any atom is -0.449 e. The number of aromatic nitrogens is 5. The summed E-state index contributed by atoms with van der Waals surface area (Å²) < 4.78 is 12.0. The number of aryl methyl sites for hydroxylation is 1. The quantitative estimate of drug-likeness (QED) is 0.386. The fourth-order valence-corrected chi connectivity index (χ4v) is 2.85. The Morgan fingerprint density at radius 2 is 2.13 bits per heavy atom. The van der Waals surface area contributed by atoms with Gasteiger partial charge in [0, 0.05) is 25.9 Å². The molecule has 0 radical (unpaired) electrons. The highest BCUT2D eigenvalue weighted by molar-refractivity contribution is 5.92. The zero-order valence-electron chi connectivity index (χ0n) is 18.3. The maximum Gasteiger partial charge on any atom is 0.512 e. The van der Waals surface area contributed by atoms with Crippen molar-refractivity contribution in [3.63, 3.8) is 0 Å². The van der Waals surface area contributed by atoms with E-state index in [-0.39, 0.29) is 17.4 Å². The number of carboxylic acid groups (broad SMARTS) is 1. The fourth-order valence-electron chi connectivity index (χ4n) is 2.85. The predicted octanol–water partition coefficient (Wildman–Crippen LogP) is 3.21. The van der Waals surface area contributed by atoms with Gasteiger partial charge in [0.05, 0.1) is 13.2 Å². The van der Waals surface area contributed by atoms with Crippen molar-refractivity contribution >= 4 is 34.8 Å². The molecule has 0 aliphatic carbocycles. The van der Waals surface area contributed by atoms with Crippen LogP contribution >= 0.6 is 0 Å². The maximum atomic E-state index is 11.2. The van der Waals surface area contributed by atoms with E-state index in [9.17, 15) is 9.90 Å². The number of nitrogens with zero attached hydrogens (tertiary/aromatic N) is 6. The number of ether oxygens (including phenoxy) is 2. The first kappa shape index (κ1) is 22.2. The van der Waals surface area contributed by atoms with Gasteiger partial charge < -0.3 is 24.8 Å². The molecule has 11 heteroatoms. The van der Waals surface area contributed by atoms with Gasteiger partial charge in [0.1, 0.15) is 11.3 Å². The van der Waals surface area contributed by atoms with E-state index in [4.69, 9.17) is 9.47 Å². The van der Waals surface area contributed by atoms with Crippen LogP contribution in [0.1, 0.15) is 26.3 Å². The van der Waals surface area contributed by atoms with Gasteiger partial charge in [-0.1, -0.05) is 0 Å². The largest absolute Gasteiger partial charge is 0.512 e. The van der Waals surface area contributed by atoms with Gasteiger partial charge in [-0.3, -0.25) is 4.68 Å². The van der Waals surface area contributed by atoms with Gasteiger partial charge in [0.15, 0.2) is 11.3 Å². The first-order chi connectivity index (χ1) is 14.8. The lowest BCUT2D eigenvalue weighted by Gasteiger charge is -2.22. The molecule has 0 aromatic carbocycles. The lowest BCUT2D eigenvalue weighted by Crippen LogP contribution is -2.27. The van der Waals surface area contributed by atoms with Crippen molar-refractivity contribution in [2.45, 2.75) is 40.3 Å². The third-order valence-corrected chi connectivity index (χ3v) is 4.63. The number of hydrogen-bond donors (Lipinski definition) is 2. The maximum absolute atomic E-state index is 11.2. The van der Waals surface area contributed by atoms with Crippen LogP contribution in [0.2, 0.25) is 0 Å². The average Bonchev–Trinajstić information content (AvgIpc) is 3.04. The Balaban J connectivity index is 2.20. The summed E-state index contributed by atoms with van der Waals surface area (Å²) in [6, 6.07) is 3.89. The molecule has 2 N–H and O–H groups in total. The number of hydrogen-bond acceptors (Lipinski definition) is 9. The summed E-state index contributed by atoms with van der Waals surface area (Å²) in [5, 5.41) is 16.7. The van der Waals surface area contributed by atoms with E-state index in [0.717, 1.165) is 5.56 Å². The first-order valence-electron chi connectivity index (χ1n) is 9.99. The molecule has 0 saturated heterocycles. The van der Waals surface area contributed by atoms with E-state index in [1.807, 2.05) is 51.8 Å². The van der Waals surface area contributed by atoms with Crippen molar-refractivity contribution in [1.82, 2.24) is 24.7 Å². The molecule has 31 heavy (non-hydrogen) atoms. The van der Waals surface area contributed by atoms with E-state index in [0.29, 0.717) is 42.9 Å². The molecular formula is C20H27N7O4. The van der Waals surface area contributed by atoms with Gasteiger partial charge in [-0.05, 0) is 45.4 Å². The molecule has 11 nitrogen and oxygen atoms in total. The SMILES string of the molecule is CCOCCn1nc(OC(=O)O)c2nc(N(C)C(C)C)nc(Nc3cc(C)ccn3)c21. The fraction of sp³-hybridized carbons (Fsp3) is 0.450. The molecular weight excluding hydrogens is 402 g/mol. The summed E-state index contributed by atoms with van der Waals surface area (Å²) in [4.78, 5) is 26.7. The number of anilines is 3. The first-order valence-corrected chi connectivity index (χ1v) is 9.99. The van der Waals surface area contributed by atoms with Gasteiger partial charge in [-0.25, -0.2) is 14.8 Å². The summed E-state index contributed by atoms with van der Waals surface area (Å²) in [7, 11) is 1.86. The second-order valence-corrected chi connectivity index (χ2v) is 7.21. The average molecular weight is 429 g/mol. The Hall–Kier alpha value is -3.47. The summed E-state index contributed by atoms with van der Waals surface area (Å²) in [6.45, 7) is 9.17. The van der Waals surface area contributed by atoms with Crippen LogP contribution in [0.4, 0.5) is 22.4 Å². The highest BCUT2D eigenvalue weighted by Crippen LogP contribution is 2.32. The standard InChI is InChI=1S/C20H27N7O4/c1-6-30-10-9-27-16-15(18(25-27)31-20(28)29)23-19(26(5)12(2)3)24-17(16)22-14-11-13(4)7-8-21-14/h7-8,11-12H,6,9-10H2,1-5H3,(H,28,29)(H,21,22,23,24). The molecule has 3 aromatic rings. The minimum absolute atomic E-state index is 0.110. The van der Waals surface area contributed by atoms with E-state index in [1.54, 1.807) is 10.9 Å². The molecule has 0 aliphatic rings.